The van der Waals surface area contributed by atoms with E-state index < -0.39 is 0 Å². The maximum atomic E-state index is 13.8. The van der Waals surface area contributed by atoms with Gasteiger partial charge in [0.1, 0.15) is 0 Å². The van der Waals surface area contributed by atoms with Gasteiger partial charge in [-0.15, -0.1) is 0 Å². The van der Waals surface area contributed by atoms with Crippen molar-refractivity contribution in [3.63, 3.8) is 0 Å². The molecule has 0 radical (unpaired) electrons. The fraction of sp³-hybridized carbons (Fsp3) is 0.387. The molecule has 4 aliphatic rings. The van der Waals surface area contributed by atoms with Crippen LogP contribution in [0.2, 0.25) is 0 Å². The summed E-state index contributed by atoms with van der Waals surface area (Å²) in [6.45, 7) is 2.75. The Kier molecular flexibility index (Phi) is 5.31. The summed E-state index contributed by atoms with van der Waals surface area (Å²) in [6.07, 6.45) is 13.2. The molecule has 4 bridgehead atoms. The van der Waals surface area contributed by atoms with Gasteiger partial charge in [0, 0.05) is 17.8 Å². The fourth-order valence-corrected chi connectivity index (χ4v) is 7.64. The van der Waals surface area contributed by atoms with Crippen molar-refractivity contribution in [2.24, 2.45) is 17.8 Å². The number of anilines is 1. The Balaban J connectivity index is 1.19. The third-order valence-corrected chi connectivity index (χ3v) is 8.88. The van der Waals surface area contributed by atoms with Gasteiger partial charge in [0.05, 0.1) is 35.4 Å². The number of nitrogens with one attached hydrogen (secondary N) is 1. The van der Waals surface area contributed by atoms with Crippen LogP contribution in [-0.4, -0.2) is 25.5 Å². The molecule has 188 valence electrons. The molecule has 2 aromatic carbocycles. The summed E-state index contributed by atoms with van der Waals surface area (Å²) >= 11 is 0. The summed E-state index contributed by atoms with van der Waals surface area (Å²) < 4.78 is 3.78. The summed E-state index contributed by atoms with van der Waals surface area (Å²) in [7, 11) is 0. The molecular weight excluding hydrogens is 458 g/mol. The second-order valence-corrected chi connectivity index (χ2v) is 11.7. The van der Waals surface area contributed by atoms with Crippen LogP contribution in [0.1, 0.15) is 65.7 Å². The molecule has 4 aromatic rings. The van der Waals surface area contributed by atoms with Crippen LogP contribution in [0.15, 0.2) is 73.2 Å². The molecular formula is C31H33N5O. The number of rotatable bonds is 6. The highest BCUT2D eigenvalue weighted by molar-refractivity contribution is 6.05. The van der Waals surface area contributed by atoms with Crippen LogP contribution in [0.5, 0.6) is 0 Å². The first-order valence-electron chi connectivity index (χ1n) is 13.6. The van der Waals surface area contributed by atoms with E-state index in [0.29, 0.717) is 17.8 Å². The fourth-order valence-electron chi connectivity index (χ4n) is 7.64. The van der Waals surface area contributed by atoms with Gasteiger partial charge in [-0.05, 0) is 80.9 Å². The van der Waals surface area contributed by atoms with E-state index in [1.54, 1.807) is 6.20 Å². The van der Waals surface area contributed by atoms with Gasteiger partial charge in [0.15, 0.2) is 0 Å². The number of carbonyl (C=O) groups is 1. The summed E-state index contributed by atoms with van der Waals surface area (Å²) in [5, 5.41) is 12.8. The molecule has 2 aromatic heterocycles. The van der Waals surface area contributed by atoms with Crippen molar-refractivity contribution in [1.82, 2.24) is 19.6 Å². The lowest BCUT2D eigenvalue weighted by molar-refractivity contribution is -0.00765. The predicted molar refractivity (Wildman–Crippen MR) is 144 cm³/mol. The Bertz CT molecular complexity index is 1400. The van der Waals surface area contributed by atoms with E-state index in [2.05, 4.69) is 41.6 Å². The Labute approximate surface area is 217 Å². The van der Waals surface area contributed by atoms with Gasteiger partial charge < -0.3 is 5.32 Å². The first-order valence-corrected chi connectivity index (χ1v) is 13.6. The Morgan fingerprint density at radius 3 is 2.30 bits per heavy atom. The second-order valence-electron chi connectivity index (χ2n) is 11.7. The SMILES string of the molecule is Cc1ccc(Cn2cc(NC(=O)c3cn(-c4ccccc4)nc3C34CC5CC(CC(C5)C3)C4)cn2)cc1. The summed E-state index contributed by atoms with van der Waals surface area (Å²) in [4.78, 5) is 13.8. The molecule has 4 fully saturated rings. The van der Waals surface area contributed by atoms with Crippen molar-refractivity contribution in [1.29, 1.82) is 0 Å². The van der Waals surface area contributed by atoms with Crippen molar-refractivity contribution in [3.05, 3.63) is 95.6 Å². The van der Waals surface area contributed by atoms with Crippen LogP contribution >= 0.6 is 0 Å². The number of aryl methyl sites for hydroxylation is 1. The lowest BCUT2D eigenvalue weighted by Gasteiger charge is -2.56. The molecule has 37 heavy (non-hydrogen) atoms. The van der Waals surface area contributed by atoms with E-state index in [-0.39, 0.29) is 11.3 Å². The Morgan fingerprint density at radius 1 is 0.946 bits per heavy atom. The third kappa shape index (κ3) is 4.18. The zero-order valence-corrected chi connectivity index (χ0v) is 21.3. The first kappa shape index (κ1) is 22.5. The molecule has 0 atom stereocenters. The smallest absolute Gasteiger partial charge is 0.259 e. The van der Waals surface area contributed by atoms with Crippen molar-refractivity contribution in [2.45, 2.75) is 57.4 Å². The normalized spacial score (nSPS) is 25.9. The monoisotopic (exact) mass is 491 g/mol. The molecule has 8 rings (SSSR count). The van der Waals surface area contributed by atoms with E-state index in [4.69, 9.17) is 5.10 Å². The summed E-state index contributed by atoms with van der Waals surface area (Å²) in [5.41, 5.74) is 5.84. The molecule has 0 spiro atoms. The lowest BCUT2D eigenvalue weighted by atomic mass is 9.48. The minimum absolute atomic E-state index is 0.0249. The third-order valence-electron chi connectivity index (χ3n) is 8.88. The number of hydrogen-bond acceptors (Lipinski definition) is 3. The standard InChI is InChI=1S/C31H33N5O/c1-21-7-9-22(10-8-21)18-35-19-26(17-32-35)33-30(37)28-20-36(27-5-3-2-4-6-27)34-29(28)31-14-23-11-24(15-31)13-25(12-23)16-31/h2-10,17,19-20,23-25H,11-16,18H2,1H3,(H,33,37). The minimum atomic E-state index is -0.0946. The van der Waals surface area contributed by atoms with Crippen LogP contribution in [0, 0.1) is 24.7 Å². The van der Waals surface area contributed by atoms with Gasteiger partial charge in [-0.2, -0.15) is 10.2 Å². The number of benzene rings is 2. The number of amides is 1. The van der Waals surface area contributed by atoms with Crippen molar-refractivity contribution < 1.29 is 4.79 Å². The van der Waals surface area contributed by atoms with Gasteiger partial charge in [0.25, 0.3) is 5.91 Å². The summed E-state index contributed by atoms with van der Waals surface area (Å²) in [5.74, 6) is 2.25. The first-order chi connectivity index (χ1) is 18.0. The molecule has 6 heteroatoms. The number of aromatic nitrogens is 4. The molecule has 4 aliphatic carbocycles. The average molecular weight is 492 g/mol. The van der Waals surface area contributed by atoms with E-state index in [9.17, 15) is 4.79 Å². The van der Waals surface area contributed by atoms with Crippen LogP contribution < -0.4 is 5.32 Å². The van der Waals surface area contributed by atoms with Gasteiger partial charge in [-0.3, -0.25) is 9.48 Å². The second kappa shape index (κ2) is 8.72. The van der Waals surface area contributed by atoms with Crippen LogP contribution in [-0.2, 0) is 12.0 Å². The number of hydrogen-bond donors (Lipinski definition) is 1. The molecule has 0 aliphatic heterocycles. The molecule has 1 amide bonds. The van der Waals surface area contributed by atoms with Gasteiger partial charge in [0.2, 0.25) is 0 Å². The molecule has 1 N–H and O–H groups in total. The quantitative estimate of drug-likeness (QED) is 0.352. The molecule has 2 heterocycles. The highest BCUT2D eigenvalue weighted by Crippen LogP contribution is 2.60. The Morgan fingerprint density at radius 2 is 1.62 bits per heavy atom. The van der Waals surface area contributed by atoms with Crippen molar-refractivity contribution >= 4 is 11.6 Å². The van der Waals surface area contributed by atoms with E-state index >= 15 is 0 Å². The van der Waals surface area contributed by atoms with Crippen LogP contribution in [0.3, 0.4) is 0 Å². The number of nitrogens with zero attached hydrogens (tertiary/aromatic N) is 4. The molecule has 0 unspecified atom stereocenters. The van der Waals surface area contributed by atoms with Gasteiger partial charge in [-0.25, -0.2) is 4.68 Å². The Hall–Kier alpha value is -3.67. The van der Waals surface area contributed by atoms with Crippen LogP contribution in [0.25, 0.3) is 5.69 Å². The predicted octanol–water partition coefficient (Wildman–Crippen LogP) is 6.15. The topological polar surface area (TPSA) is 64.7 Å². The van der Waals surface area contributed by atoms with E-state index in [1.807, 2.05) is 52.1 Å². The zero-order chi connectivity index (χ0) is 25.0. The molecule has 0 saturated heterocycles. The largest absolute Gasteiger partial charge is 0.319 e. The van der Waals surface area contributed by atoms with E-state index in [0.717, 1.165) is 29.1 Å². The van der Waals surface area contributed by atoms with Crippen molar-refractivity contribution in [2.75, 3.05) is 5.32 Å². The minimum Gasteiger partial charge on any atom is -0.319 e. The molecule has 6 nitrogen and oxygen atoms in total. The van der Waals surface area contributed by atoms with Gasteiger partial charge >= 0.3 is 0 Å². The maximum Gasteiger partial charge on any atom is 0.259 e. The highest BCUT2D eigenvalue weighted by atomic mass is 16.1. The van der Waals surface area contributed by atoms with Crippen LogP contribution in [0.4, 0.5) is 5.69 Å². The number of para-hydroxylation sites is 1. The highest BCUT2D eigenvalue weighted by Gasteiger charge is 2.53. The van der Waals surface area contributed by atoms with Gasteiger partial charge in [-0.1, -0.05) is 48.0 Å². The lowest BCUT2D eigenvalue weighted by Crippen LogP contribution is -2.49. The average Bonchev–Trinajstić information content (AvgIpc) is 3.53. The number of carbonyl (C=O) groups excluding carboxylic acids is 1. The summed E-state index contributed by atoms with van der Waals surface area (Å²) in [6, 6.07) is 18.6. The maximum absolute atomic E-state index is 13.8. The molecule has 4 saturated carbocycles. The van der Waals surface area contributed by atoms with E-state index in [1.165, 1.54) is 49.7 Å². The van der Waals surface area contributed by atoms with Crippen molar-refractivity contribution in [3.8, 4) is 5.69 Å². The zero-order valence-electron chi connectivity index (χ0n) is 21.3.